The van der Waals surface area contributed by atoms with Gasteiger partial charge in [-0.15, -0.1) is 0 Å². The fraction of sp³-hybridized carbons (Fsp3) is 0.660. The van der Waals surface area contributed by atoms with Crippen LogP contribution in [0.1, 0.15) is 194 Å². The fourth-order valence-corrected chi connectivity index (χ4v) is 5.85. The molecule has 56 heavy (non-hydrogen) atoms. The molecule has 0 rings (SSSR count). The third kappa shape index (κ3) is 41.7. The highest BCUT2D eigenvalue weighted by molar-refractivity contribution is 5.72. The van der Waals surface area contributed by atoms with Crippen molar-refractivity contribution >= 4 is 17.9 Å². The van der Waals surface area contributed by atoms with Crippen molar-refractivity contribution in [2.75, 3.05) is 13.2 Å². The van der Waals surface area contributed by atoms with Crippen molar-refractivity contribution < 1.29 is 28.6 Å². The van der Waals surface area contributed by atoms with Crippen LogP contribution < -0.4 is 0 Å². The van der Waals surface area contributed by atoms with Gasteiger partial charge in [0.15, 0.2) is 6.10 Å². The third-order valence-electron chi connectivity index (χ3n) is 9.18. The lowest BCUT2D eigenvalue weighted by atomic mass is 10.1. The smallest absolute Gasteiger partial charge is 0.309 e. The predicted octanol–water partition coefficient (Wildman–Crippen LogP) is 14.5. The Hall–Kier alpha value is -3.41. The van der Waals surface area contributed by atoms with E-state index in [4.69, 9.17) is 14.2 Å². The van der Waals surface area contributed by atoms with Crippen LogP contribution in [0.2, 0.25) is 0 Å². The highest BCUT2D eigenvalue weighted by Crippen LogP contribution is 2.13. The average Bonchev–Trinajstić information content (AvgIpc) is 3.19. The van der Waals surface area contributed by atoms with E-state index in [1.165, 1.54) is 57.8 Å². The molecule has 0 saturated carbocycles. The molecule has 0 spiro atoms. The molecular formula is C50H82O6. The summed E-state index contributed by atoms with van der Waals surface area (Å²) in [4.78, 5) is 37.6. The van der Waals surface area contributed by atoms with Gasteiger partial charge in [0.1, 0.15) is 13.2 Å². The molecule has 318 valence electrons. The van der Waals surface area contributed by atoms with Gasteiger partial charge in [0, 0.05) is 12.8 Å². The van der Waals surface area contributed by atoms with Crippen molar-refractivity contribution in [3.05, 3.63) is 85.1 Å². The number of ether oxygens (including phenoxy) is 3. The highest BCUT2D eigenvalue weighted by Gasteiger charge is 2.19. The molecule has 0 amide bonds. The van der Waals surface area contributed by atoms with Gasteiger partial charge in [0.25, 0.3) is 0 Å². The van der Waals surface area contributed by atoms with Crippen LogP contribution >= 0.6 is 0 Å². The van der Waals surface area contributed by atoms with Gasteiger partial charge >= 0.3 is 17.9 Å². The first-order valence-electron chi connectivity index (χ1n) is 22.6. The molecule has 0 aliphatic heterocycles. The molecule has 0 aliphatic rings. The molecule has 0 aromatic heterocycles. The maximum Gasteiger partial charge on any atom is 0.309 e. The van der Waals surface area contributed by atoms with Crippen LogP contribution in [0.5, 0.6) is 0 Å². The van der Waals surface area contributed by atoms with Crippen LogP contribution in [0, 0.1) is 0 Å². The van der Waals surface area contributed by atoms with Gasteiger partial charge in [-0.25, -0.2) is 0 Å². The van der Waals surface area contributed by atoms with Crippen LogP contribution in [0.15, 0.2) is 85.1 Å². The summed E-state index contributed by atoms with van der Waals surface area (Å²) in [6.45, 7) is 6.26. The zero-order chi connectivity index (χ0) is 40.8. The molecule has 6 heteroatoms. The Morgan fingerprint density at radius 2 is 0.768 bits per heavy atom. The van der Waals surface area contributed by atoms with Crippen molar-refractivity contribution in [3.63, 3.8) is 0 Å². The van der Waals surface area contributed by atoms with Gasteiger partial charge in [0.05, 0.1) is 6.42 Å². The first kappa shape index (κ1) is 52.6. The molecule has 0 bridgehead atoms. The van der Waals surface area contributed by atoms with E-state index in [0.29, 0.717) is 12.8 Å². The van der Waals surface area contributed by atoms with Gasteiger partial charge < -0.3 is 14.2 Å². The Labute approximate surface area is 344 Å². The molecule has 0 fully saturated rings. The SMILES string of the molecule is CC/C=C\C/C=C\C/C=C\C/C=C\CCCCCCCCC(=O)OCC(COC(=O)C/C=C\C/C=C\C/C=C\CC)OC(=O)CCCCCCCCCCCC. The van der Waals surface area contributed by atoms with E-state index in [1.807, 2.05) is 6.08 Å². The number of esters is 3. The summed E-state index contributed by atoms with van der Waals surface area (Å²) in [5.41, 5.74) is 0. The van der Waals surface area contributed by atoms with Crippen LogP contribution in [-0.2, 0) is 28.6 Å². The number of allylic oxidation sites excluding steroid dienone is 13. The van der Waals surface area contributed by atoms with E-state index >= 15 is 0 Å². The quantitative estimate of drug-likeness (QED) is 0.0268. The van der Waals surface area contributed by atoms with Crippen molar-refractivity contribution in [1.29, 1.82) is 0 Å². The molecule has 0 aromatic rings. The van der Waals surface area contributed by atoms with E-state index < -0.39 is 12.1 Å². The maximum absolute atomic E-state index is 12.7. The van der Waals surface area contributed by atoms with Gasteiger partial charge in [-0.1, -0.05) is 189 Å². The number of rotatable bonds is 39. The minimum Gasteiger partial charge on any atom is -0.462 e. The molecule has 6 nitrogen and oxygen atoms in total. The lowest BCUT2D eigenvalue weighted by Crippen LogP contribution is -2.30. The van der Waals surface area contributed by atoms with Crippen LogP contribution in [0.25, 0.3) is 0 Å². The first-order chi connectivity index (χ1) is 27.5. The number of carbonyl (C=O) groups is 3. The molecule has 0 saturated heterocycles. The summed E-state index contributed by atoms with van der Waals surface area (Å²) >= 11 is 0. The molecule has 0 aliphatic carbocycles. The molecule has 1 atom stereocenters. The highest BCUT2D eigenvalue weighted by atomic mass is 16.6. The summed E-state index contributed by atoms with van der Waals surface area (Å²) < 4.78 is 16.5. The van der Waals surface area contributed by atoms with Crippen LogP contribution in [-0.4, -0.2) is 37.2 Å². The molecule has 0 aromatic carbocycles. The molecule has 0 heterocycles. The first-order valence-corrected chi connectivity index (χ1v) is 22.6. The molecule has 0 N–H and O–H groups in total. The van der Waals surface area contributed by atoms with E-state index in [0.717, 1.165) is 96.3 Å². The minimum atomic E-state index is -0.813. The van der Waals surface area contributed by atoms with Crippen molar-refractivity contribution in [2.45, 2.75) is 200 Å². The standard InChI is InChI=1S/C50H82O6/c1-4-7-10-13-16-19-21-22-23-24-25-26-27-28-29-32-34-37-40-43-49(52)55-46-47(45-54-48(51)42-39-36-33-30-18-15-12-9-6-3)56-50(53)44-41-38-35-31-20-17-14-11-8-5-2/h7,9-10,12,16,18-19,22-23,25-26,30,36,39,47H,4-6,8,11,13-15,17,20-21,24,27-29,31-35,37-38,40-46H2,1-3H3/b10-7-,12-9-,19-16-,23-22-,26-25-,30-18-,39-36-. The zero-order valence-corrected chi connectivity index (χ0v) is 36.1. The Balaban J connectivity index is 4.38. The largest absolute Gasteiger partial charge is 0.462 e. The predicted molar refractivity (Wildman–Crippen MR) is 237 cm³/mol. The van der Waals surface area contributed by atoms with Crippen LogP contribution in [0.3, 0.4) is 0 Å². The second-order valence-electron chi connectivity index (χ2n) is 14.6. The van der Waals surface area contributed by atoms with Crippen molar-refractivity contribution in [2.24, 2.45) is 0 Å². The maximum atomic E-state index is 12.7. The summed E-state index contributed by atoms with van der Waals surface area (Å²) in [7, 11) is 0. The Morgan fingerprint density at radius 1 is 0.393 bits per heavy atom. The second kappa shape index (κ2) is 44.3. The lowest BCUT2D eigenvalue weighted by Gasteiger charge is -2.18. The van der Waals surface area contributed by atoms with Gasteiger partial charge in [-0.2, -0.15) is 0 Å². The second-order valence-corrected chi connectivity index (χ2v) is 14.6. The summed E-state index contributed by atoms with van der Waals surface area (Å²) in [6.07, 6.45) is 56.0. The van der Waals surface area contributed by atoms with E-state index in [2.05, 4.69) is 93.7 Å². The fourth-order valence-electron chi connectivity index (χ4n) is 5.85. The van der Waals surface area contributed by atoms with E-state index in [-0.39, 0.29) is 31.6 Å². The normalized spacial score (nSPS) is 12.8. The number of hydrogen-bond donors (Lipinski definition) is 0. The third-order valence-corrected chi connectivity index (χ3v) is 9.18. The Morgan fingerprint density at radius 3 is 1.25 bits per heavy atom. The molecular weight excluding hydrogens is 697 g/mol. The molecule has 0 radical (unpaired) electrons. The number of carbonyl (C=O) groups excluding carboxylic acids is 3. The lowest BCUT2D eigenvalue weighted by molar-refractivity contribution is -0.166. The van der Waals surface area contributed by atoms with Crippen LogP contribution in [0.4, 0.5) is 0 Å². The van der Waals surface area contributed by atoms with Gasteiger partial charge in [-0.3, -0.25) is 14.4 Å². The number of unbranched alkanes of at least 4 members (excludes halogenated alkanes) is 15. The van der Waals surface area contributed by atoms with Crippen molar-refractivity contribution in [1.82, 2.24) is 0 Å². The van der Waals surface area contributed by atoms with E-state index in [9.17, 15) is 14.4 Å². The number of hydrogen-bond acceptors (Lipinski definition) is 6. The summed E-state index contributed by atoms with van der Waals surface area (Å²) in [6, 6.07) is 0. The summed E-state index contributed by atoms with van der Waals surface area (Å²) in [5.74, 6) is -1.06. The van der Waals surface area contributed by atoms with Crippen molar-refractivity contribution in [3.8, 4) is 0 Å². The topological polar surface area (TPSA) is 78.9 Å². The van der Waals surface area contributed by atoms with Gasteiger partial charge in [0.2, 0.25) is 0 Å². The average molecular weight is 779 g/mol. The minimum absolute atomic E-state index is 0.111. The van der Waals surface area contributed by atoms with Gasteiger partial charge in [-0.05, 0) is 70.6 Å². The zero-order valence-electron chi connectivity index (χ0n) is 36.1. The Kier molecular flexibility index (Phi) is 41.6. The Bertz CT molecular complexity index is 1120. The monoisotopic (exact) mass is 779 g/mol. The summed E-state index contributed by atoms with van der Waals surface area (Å²) in [5, 5.41) is 0. The van der Waals surface area contributed by atoms with E-state index in [1.54, 1.807) is 6.08 Å². The molecule has 1 unspecified atom stereocenters.